The van der Waals surface area contributed by atoms with E-state index in [0.717, 1.165) is 45.3 Å². The monoisotopic (exact) mass is 314 g/mol. The fourth-order valence-electron chi connectivity index (χ4n) is 4.71. The number of rotatable bonds is 4. The van der Waals surface area contributed by atoms with Gasteiger partial charge in [-0.15, -0.1) is 0 Å². The van der Waals surface area contributed by atoms with Crippen molar-refractivity contribution in [1.29, 1.82) is 0 Å². The molecule has 1 aliphatic heterocycles. The molecule has 0 bridgehead atoms. The largest absolute Gasteiger partial charge is 0.342 e. The molecule has 3 rings (SSSR count). The minimum atomic E-state index is -0.268. The number of hydrogen-bond donors (Lipinski definition) is 1. The van der Waals surface area contributed by atoms with Crippen molar-refractivity contribution in [1.82, 2.24) is 4.90 Å². The van der Waals surface area contributed by atoms with Gasteiger partial charge in [0.2, 0.25) is 5.91 Å². The minimum absolute atomic E-state index is 0.268. The Morgan fingerprint density at radius 1 is 1.26 bits per heavy atom. The second-order valence-corrected chi connectivity index (χ2v) is 7.44. The molecule has 23 heavy (non-hydrogen) atoms. The summed E-state index contributed by atoms with van der Waals surface area (Å²) in [5.74, 6) is 0.971. The van der Waals surface area contributed by atoms with Crippen molar-refractivity contribution in [3.8, 4) is 0 Å². The van der Waals surface area contributed by atoms with Gasteiger partial charge in [-0.1, -0.05) is 37.1 Å². The van der Waals surface area contributed by atoms with Gasteiger partial charge in [-0.2, -0.15) is 0 Å². The highest BCUT2D eigenvalue weighted by atomic mass is 16.2. The summed E-state index contributed by atoms with van der Waals surface area (Å²) in [5, 5.41) is 0. The molecule has 1 saturated carbocycles. The van der Waals surface area contributed by atoms with Crippen LogP contribution in [0.1, 0.15) is 56.1 Å². The summed E-state index contributed by atoms with van der Waals surface area (Å²) in [5.41, 5.74) is 8.00. The summed E-state index contributed by atoms with van der Waals surface area (Å²) in [4.78, 5) is 15.7. The van der Waals surface area contributed by atoms with Crippen LogP contribution in [0.4, 0.5) is 0 Å². The summed E-state index contributed by atoms with van der Waals surface area (Å²) in [7, 11) is 0. The summed E-state index contributed by atoms with van der Waals surface area (Å²) >= 11 is 0. The fourth-order valence-corrected chi connectivity index (χ4v) is 4.71. The molecule has 1 aromatic rings. The van der Waals surface area contributed by atoms with Gasteiger partial charge >= 0.3 is 0 Å². The Morgan fingerprint density at radius 2 is 2.00 bits per heavy atom. The molecule has 1 aromatic carbocycles. The van der Waals surface area contributed by atoms with Gasteiger partial charge in [0.05, 0.1) is 5.41 Å². The SMILES string of the molecule is Cc1ccccc1C1(C(=O)N2CCCC(CCN)C2)CCCC1. The molecule has 0 spiro atoms. The Bertz CT molecular complexity index is 546. The van der Waals surface area contributed by atoms with Crippen LogP contribution >= 0.6 is 0 Å². The molecule has 0 radical (unpaired) electrons. The zero-order valence-corrected chi connectivity index (χ0v) is 14.4. The molecule has 2 fully saturated rings. The second-order valence-electron chi connectivity index (χ2n) is 7.44. The molecule has 1 atom stereocenters. The average molecular weight is 314 g/mol. The van der Waals surface area contributed by atoms with E-state index < -0.39 is 0 Å². The van der Waals surface area contributed by atoms with Crippen molar-refractivity contribution in [2.24, 2.45) is 11.7 Å². The number of benzene rings is 1. The quantitative estimate of drug-likeness (QED) is 0.926. The van der Waals surface area contributed by atoms with Crippen LogP contribution in [0, 0.1) is 12.8 Å². The van der Waals surface area contributed by atoms with Gasteiger partial charge in [-0.25, -0.2) is 0 Å². The molecular formula is C20H30N2O. The van der Waals surface area contributed by atoms with Crippen LogP contribution in [0.5, 0.6) is 0 Å². The zero-order chi connectivity index (χ0) is 16.3. The third-order valence-electron chi connectivity index (χ3n) is 5.91. The molecule has 2 aliphatic rings. The van der Waals surface area contributed by atoms with Gasteiger partial charge in [0.25, 0.3) is 0 Å². The smallest absolute Gasteiger partial charge is 0.233 e. The number of nitrogens with two attached hydrogens (primary N) is 1. The molecule has 1 saturated heterocycles. The molecule has 3 nitrogen and oxygen atoms in total. The number of aryl methyl sites for hydroxylation is 1. The number of piperidine rings is 1. The van der Waals surface area contributed by atoms with Crippen molar-refractivity contribution in [2.75, 3.05) is 19.6 Å². The Morgan fingerprint density at radius 3 is 2.70 bits per heavy atom. The van der Waals surface area contributed by atoms with Gasteiger partial charge < -0.3 is 10.6 Å². The van der Waals surface area contributed by atoms with E-state index in [1.54, 1.807) is 0 Å². The number of likely N-dealkylation sites (tertiary alicyclic amines) is 1. The maximum absolute atomic E-state index is 13.5. The third kappa shape index (κ3) is 3.16. The average Bonchev–Trinajstić information content (AvgIpc) is 3.06. The minimum Gasteiger partial charge on any atom is -0.342 e. The summed E-state index contributed by atoms with van der Waals surface area (Å²) in [6.45, 7) is 4.71. The maximum atomic E-state index is 13.5. The van der Waals surface area contributed by atoms with Crippen LogP contribution < -0.4 is 5.73 Å². The normalized spacial score (nSPS) is 23.9. The molecule has 1 heterocycles. The second kappa shape index (κ2) is 7.04. The van der Waals surface area contributed by atoms with E-state index in [4.69, 9.17) is 5.73 Å². The summed E-state index contributed by atoms with van der Waals surface area (Å²) in [6, 6.07) is 8.49. The van der Waals surface area contributed by atoms with E-state index in [0.29, 0.717) is 11.8 Å². The Balaban J connectivity index is 1.86. The summed E-state index contributed by atoms with van der Waals surface area (Å²) in [6.07, 6.45) is 7.74. The van der Waals surface area contributed by atoms with E-state index in [1.807, 2.05) is 0 Å². The van der Waals surface area contributed by atoms with Crippen LogP contribution in [-0.4, -0.2) is 30.4 Å². The van der Waals surface area contributed by atoms with Crippen molar-refractivity contribution in [3.05, 3.63) is 35.4 Å². The highest BCUT2D eigenvalue weighted by Crippen LogP contribution is 2.44. The van der Waals surface area contributed by atoms with Crippen LogP contribution in [0.2, 0.25) is 0 Å². The molecule has 0 aromatic heterocycles. The first-order chi connectivity index (χ1) is 11.2. The van der Waals surface area contributed by atoms with Gasteiger partial charge in [-0.3, -0.25) is 4.79 Å². The fraction of sp³-hybridized carbons (Fsp3) is 0.650. The zero-order valence-electron chi connectivity index (χ0n) is 14.4. The molecule has 1 amide bonds. The molecule has 2 N–H and O–H groups in total. The highest BCUT2D eigenvalue weighted by Gasteiger charge is 2.46. The lowest BCUT2D eigenvalue weighted by atomic mass is 9.75. The Hall–Kier alpha value is -1.35. The van der Waals surface area contributed by atoms with Crippen molar-refractivity contribution in [2.45, 2.75) is 57.3 Å². The predicted octanol–water partition coefficient (Wildman–Crippen LogP) is 3.39. The van der Waals surface area contributed by atoms with Gasteiger partial charge in [0, 0.05) is 13.1 Å². The molecule has 1 unspecified atom stereocenters. The lowest BCUT2D eigenvalue weighted by Gasteiger charge is -2.40. The van der Waals surface area contributed by atoms with E-state index in [9.17, 15) is 4.79 Å². The summed E-state index contributed by atoms with van der Waals surface area (Å²) < 4.78 is 0. The number of carbonyl (C=O) groups excluding carboxylic acids is 1. The van der Waals surface area contributed by atoms with Gasteiger partial charge in [-0.05, 0) is 62.6 Å². The Labute approximate surface area is 140 Å². The van der Waals surface area contributed by atoms with Crippen LogP contribution in [-0.2, 0) is 10.2 Å². The van der Waals surface area contributed by atoms with Crippen LogP contribution in [0.25, 0.3) is 0 Å². The first kappa shape index (κ1) is 16.5. The standard InChI is InChI=1S/C20H30N2O/c1-16-7-2-3-9-18(16)20(11-4-5-12-20)19(23)22-14-6-8-17(15-22)10-13-21/h2-3,7,9,17H,4-6,8,10-15,21H2,1H3. The van der Waals surface area contributed by atoms with E-state index in [-0.39, 0.29) is 5.41 Å². The Kier molecular flexibility index (Phi) is 5.05. The number of amides is 1. The lowest BCUT2D eigenvalue weighted by Crippen LogP contribution is -2.49. The lowest BCUT2D eigenvalue weighted by molar-refractivity contribution is -0.139. The van der Waals surface area contributed by atoms with E-state index in [1.165, 1.54) is 30.4 Å². The van der Waals surface area contributed by atoms with Gasteiger partial charge in [0.15, 0.2) is 0 Å². The van der Waals surface area contributed by atoms with Crippen LogP contribution in [0.3, 0.4) is 0 Å². The van der Waals surface area contributed by atoms with Crippen molar-refractivity contribution >= 4 is 5.91 Å². The van der Waals surface area contributed by atoms with Crippen molar-refractivity contribution in [3.63, 3.8) is 0 Å². The van der Waals surface area contributed by atoms with Gasteiger partial charge in [0.1, 0.15) is 0 Å². The predicted molar refractivity (Wildman–Crippen MR) is 94.3 cm³/mol. The molecule has 126 valence electrons. The first-order valence-electron chi connectivity index (χ1n) is 9.23. The van der Waals surface area contributed by atoms with E-state index in [2.05, 4.69) is 36.1 Å². The number of nitrogens with zero attached hydrogens (tertiary/aromatic N) is 1. The van der Waals surface area contributed by atoms with Crippen LogP contribution in [0.15, 0.2) is 24.3 Å². The third-order valence-corrected chi connectivity index (χ3v) is 5.91. The number of hydrogen-bond acceptors (Lipinski definition) is 2. The molecular weight excluding hydrogens is 284 g/mol. The number of carbonyl (C=O) groups is 1. The van der Waals surface area contributed by atoms with E-state index >= 15 is 0 Å². The van der Waals surface area contributed by atoms with Crippen molar-refractivity contribution < 1.29 is 4.79 Å². The molecule has 3 heteroatoms. The first-order valence-corrected chi connectivity index (χ1v) is 9.23. The molecule has 1 aliphatic carbocycles. The maximum Gasteiger partial charge on any atom is 0.233 e. The topological polar surface area (TPSA) is 46.3 Å². The highest BCUT2D eigenvalue weighted by molar-refractivity contribution is 5.89.